The van der Waals surface area contributed by atoms with Gasteiger partial charge in [0, 0.05) is 11.8 Å². The summed E-state index contributed by atoms with van der Waals surface area (Å²) in [6.07, 6.45) is 0. The smallest absolute Gasteiger partial charge is 0.329 e. The van der Waals surface area contributed by atoms with Crippen molar-refractivity contribution in [3.63, 3.8) is 0 Å². The molecule has 1 unspecified atom stereocenters. The van der Waals surface area contributed by atoms with Crippen molar-refractivity contribution in [3.8, 4) is 0 Å². The molecule has 0 bridgehead atoms. The predicted molar refractivity (Wildman–Crippen MR) is 67.6 cm³/mol. The van der Waals surface area contributed by atoms with Gasteiger partial charge in [0.05, 0.1) is 0 Å². The third-order valence-corrected chi connectivity index (χ3v) is 2.81. The fourth-order valence-corrected chi connectivity index (χ4v) is 1.66. The van der Waals surface area contributed by atoms with E-state index in [9.17, 15) is 14.4 Å². The van der Waals surface area contributed by atoms with Crippen LogP contribution in [0.4, 0.5) is 4.79 Å². The highest BCUT2D eigenvalue weighted by atomic mass is 32.2. The second-order valence-corrected chi connectivity index (χ2v) is 4.79. The molecule has 0 saturated carbocycles. The quantitative estimate of drug-likeness (QED) is 0.579. The molecule has 0 spiro atoms. The molecular formula is C10H18N2O5S. The van der Waals surface area contributed by atoms with Gasteiger partial charge in [-0.1, -0.05) is 6.92 Å². The molecule has 104 valence electrons. The third kappa shape index (κ3) is 9.91. The van der Waals surface area contributed by atoms with Gasteiger partial charge in [-0.05, 0) is 12.7 Å². The Kier molecular flexibility index (Phi) is 9.03. The fraction of sp³-hybridized carbons (Fsp3) is 0.700. The van der Waals surface area contributed by atoms with Gasteiger partial charge >= 0.3 is 12.0 Å². The normalized spacial score (nSPS) is 11.7. The molecule has 3 N–H and O–H groups in total. The number of carboxylic acids is 1. The molecule has 8 heteroatoms. The van der Waals surface area contributed by atoms with Crippen LogP contribution in [0.5, 0.6) is 0 Å². The summed E-state index contributed by atoms with van der Waals surface area (Å²) in [7, 11) is 0. The molecule has 0 fully saturated rings. The summed E-state index contributed by atoms with van der Waals surface area (Å²) in [5.74, 6) is -0.134. The van der Waals surface area contributed by atoms with E-state index in [4.69, 9.17) is 5.11 Å². The molecule has 0 aliphatic heterocycles. The van der Waals surface area contributed by atoms with Gasteiger partial charge in [0.15, 0.2) is 0 Å². The number of aliphatic carboxylic acids is 1. The molecule has 3 amide bonds. The van der Waals surface area contributed by atoms with Gasteiger partial charge < -0.3 is 15.2 Å². The highest BCUT2D eigenvalue weighted by molar-refractivity contribution is 7.99. The van der Waals surface area contributed by atoms with Crippen LogP contribution in [0.25, 0.3) is 0 Å². The summed E-state index contributed by atoms with van der Waals surface area (Å²) in [4.78, 5) is 32.5. The molecule has 0 saturated heterocycles. The van der Waals surface area contributed by atoms with E-state index in [1.807, 2.05) is 19.2 Å². The molecule has 0 aliphatic carbocycles. The molecule has 0 aromatic rings. The number of carbonyl (C=O) groups excluding carboxylic acids is 2. The minimum absolute atomic E-state index is 0.0531. The zero-order valence-electron chi connectivity index (χ0n) is 10.4. The average Bonchev–Trinajstić information content (AvgIpc) is 2.25. The standard InChI is InChI=1S/C10H18N2O5S/c1-3-18-6-7(2)11-10(16)12-8(13)4-17-5-9(14)15/h7H,3-6H2,1-2H3,(H,14,15)(H2,11,12,13,16). The van der Waals surface area contributed by atoms with Crippen molar-refractivity contribution in [2.24, 2.45) is 0 Å². The second kappa shape index (κ2) is 9.72. The minimum Gasteiger partial charge on any atom is -0.480 e. The molecule has 0 aromatic heterocycles. The van der Waals surface area contributed by atoms with E-state index >= 15 is 0 Å². The summed E-state index contributed by atoms with van der Waals surface area (Å²) < 4.78 is 4.53. The van der Waals surface area contributed by atoms with Gasteiger partial charge in [-0.15, -0.1) is 0 Å². The van der Waals surface area contributed by atoms with Gasteiger partial charge in [-0.3, -0.25) is 10.1 Å². The Balaban J connectivity index is 3.73. The number of carboxylic acid groups (broad SMARTS) is 1. The summed E-state index contributed by atoms with van der Waals surface area (Å²) in [5.41, 5.74) is 0. The highest BCUT2D eigenvalue weighted by Crippen LogP contribution is 2.00. The van der Waals surface area contributed by atoms with Gasteiger partial charge in [-0.25, -0.2) is 9.59 Å². The summed E-state index contributed by atoms with van der Waals surface area (Å²) in [5, 5.41) is 12.9. The first-order chi connectivity index (χ1) is 8.45. The van der Waals surface area contributed by atoms with E-state index in [2.05, 4.69) is 10.1 Å². The van der Waals surface area contributed by atoms with Crippen LogP contribution < -0.4 is 10.6 Å². The summed E-state index contributed by atoms with van der Waals surface area (Å²) in [6, 6.07) is -0.661. The Morgan fingerprint density at radius 3 is 2.56 bits per heavy atom. The second-order valence-electron chi connectivity index (χ2n) is 3.47. The largest absolute Gasteiger partial charge is 0.480 e. The van der Waals surface area contributed by atoms with Crippen molar-refractivity contribution in [3.05, 3.63) is 0 Å². The molecule has 0 heterocycles. The molecule has 0 aromatic carbocycles. The van der Waals surface area contributed by atoms with Crippen LogP contribution in [-0.2, 0) is 14.3 Å². The molecule has 0 radical (unpaired) electrons. The Bertz CT molecular complexity index is 298. The van der Waals surface area contributed by atoms with Crippen LogP contribution >= 0.6 is 11.8 Å². The van der Waals surface area contributed by atoms with Crippen molar-refractivity contribution >= 4 is 29.7 Å². The van der Waals surface area contributed by atoms with Crippen LogP contribution in [0.3, 0.4) is 0 Å². The molecule has 18 heavy (non-hydrogen) atoms. The van der Waals surface area contributed by atoms with E-state index in [0.717, 1.165) is 11.5 Å². The van der Waals surface area contributed by atoms with Crippen molar-refractivity contribution in [2.45, 2.75) is 19.9 Å². The van der Waals surface area contributed by atoms with Crippen molar-refractivity contribution in [2.75, 3.05) is 24.7 Å². The number of hydrogen-bond acceptors (Lipinski definition) is 5. The van der Waals surface area contributed by atoms with E-state index < -0.39 is 31.1 Å². The lowest BCUT2D eigenvalue weighted by Crippen LogP contribution is -2.45. The van der Waals surface area contributed by atoms with Gasteiger partial charge in [0.25, 0.3) is 5.91 Å². The van der Waals surface area contributed by atoms with E-state index in [1.165, 1.54) is 0 Å². The minimum atomic E-state index is -1.17. The zero-order valence-corrected chi connectivity index (χ0v) is 11.2. The van der Waals surface area contributed by atoms with Crippen molar-refractivity contribution in [1.82, 2.24) is 10.6 Å². The third-order valence-electron chi connectivity index (χ3n) is 1.66. The average molecular weight is 278 g/mol. The zero-order chi connectivity index (χ0) is 14.0. The number of nitrogens with one attached hydrogen (secondary N) is 2. The van der Waals surface area contributed by atoms with Crippen LogP contribution in [0.15, 0.2) is 0 Å². The van der Waals surface area contributed by atoms with Crippen LogP contribution in [0.1, 0.15) is 13.8 Å². The van der Waals surface area contributed by atoms with E-state index in [1.54, 1.807) is 11.8 Å². The van der Waals surface area contributed by atoms with E-state index in [0.29, 0.717) is 0 Å². The number of rotatable bonds is 8. The number of ether oxygens (including phenoxy) is 1. The summed E-state index contributed by atoms with van der Waals surface area (Å²) >= 11 is 1.68. The Morgan fingerprint density at radius 2 is 2.00 bits per heavy atom. The lowest BCUT2D eigenvalue weighted by molar-refractivity contribution is -0.143. The lowest BCUT2D eigenvalue weighted by atomic mass is 10.4. The predicted octanol–water partition coefficient (Wildman–Crippen LogP) is 0.0550. The van der Waals surface area contributed by atoms with Gasteiger partial charge in [0.2, 0.25) is 0 Å². The number of hydrogen-bond donors (Lipinski definition) is 3. The monoisotopic (exact) mass is 278 g/mol. The number of amides is 3. The van der Waals surface area contributed by atoms with Crippen molar-refractivity contribution < 1.29 is 24.2 Å². The number of imide groups is 1. The first-order valence-corrected chi connectivity index (χ1v) is 6.58. The van der Waals surface area contributed by atoms with Crippen LogP contribution in [0, 0.1) is 0 Å². The van der Waals surface area contributed by atoms with Crippen molar-refractivity contribution in [1.29, 1.82) is 0 Å². The fourth-order valence-electron chi connectivity index (χ4n) is 0.990. The maximum Gasteiger partial charge on any atom is 0.329 e. The maximum atomic E-state index is 11.3. The molecule has 7 nitrogen and oxygen atoms in total. The number of thioether (sulfide) groups is 1. The SMILES string of the molecule is CCSCC(C)NC(=O)NC(=O)COCC(=O)O. The molecular weight excluding hydrogens is 260 g/mol. The Labute approximate surface area is 110 Å². The Morgan fingerprint density at radius 1 is 1.33 bits per heavy atom. The Hall–Kier alpha value is -1.28. The molecule has 0 aliphatic rings. The van der Waals surface area contributed by atoms with Gasteiger partial charge in [-0.2, -0.15) is 11.8 Å². The topological polar surface area (TPSA) is 105 Å². The number of urea groups is 1. The van der Waals surface area contributed by atoms with Gasteiger partial charge in [0.1, 0.15) is 13.2 Å². The van der Waals surface area contributed by atoms with Crippen LogP contribution in [-0.4, -0.2) is 53.8 Å². The maximum absolute atomic E-state index is 11.3. The molecule has 0 rings (SSSR count). The lowest BCUT2D eigenvalue weighted by Gasteiger charge is -2.13. The number of carbonyl (C=O) groups is 3. The van der Waals surface area contributed by atoms with E-state index in [-0.39, 0.29) is 6.04 Å². The first-order valence-electron chi connectivity index (χ1n) is 5.43. The highest BCUT2D eigenvalue weighted by Gasteiger charge is 2.11. The summed E-state index contributed by atoms with van der Waals surface area (Å²) in [6.45, 7) is 2.81. The molecule has 1 atom stereocenters. The first kappa shape index (κ1) is 16.7. The van der Waals surface area contributed by atoms with Crippen LogP contribution in [0.2, 0.25) is 0 Å².